The molecular weight excluding hydrogens is 258 g/mol. The molecule has 0 spiro atoms. The number of nitrogens with two attached hydrogens (primary N) is 1. The second-order valence-electron chi connectivity index (χ2n) is 6.30. The van der Waals surface area contributed by atoms with Crippen molar-refractivity contribution in [3.05, 3.63) is 29.8 Å². The maximum atomic E-state index is 6.28. The second kappa shape index (κ2) is 7.28. The lowest BCUT2D eigenvalue weighted by Crippen LogP contribution is -2.54. The number of aryl methyl sites for hydroxylation is 1. The number of hydrogen-bond donors (Lipinski definition) is 1. The Hall–Kier alpha value is -1.06. The van der Waals surface area contributed by atoms with Crippen LogP contribution < -0.4 is 10.6 Å². The van der Waals surface area contributed by atoms with Crippen molar-refractivity contribution in [2.75, 3.05) is 37.6 Å². The predicted octanol–water partition coefficient (Wildman–Crippen LogP) is 3.02. The van der Waals surface area contributed by atoms with E-state index in [-0.39, 0.29) is 5.54 Å². The van der Waals surface area contributed by atoms with Crippen LogP contribution in [0.15, 0.2) is 24.3 Å². The largest absolute Gasteiger partial charge is 0.365 e. The molecule has 0 amide bonds. The first-order chi connectivity index (χ1) is 10.1. The number of rotatable bonds is 5. The lowest BCUT2D eigenvalue weighted by Gasteiger charge is -2.44. The third-order valence-corrected chi connectivity index (χ3v) is 5.07. The minimum absolute atomic E-state index is 0.119. The van der Waals surface area contributed by atoms with E-state index in [4.69, 9.17) is 5.73 Å². The van der Waals surface area contributed by atoms with Gasteiger partial charge in [0.25, 0.3) is 0 Å². The highest BCUT2D eigenvalue weighted by atomic mass is 15.2. The topological polar surface area (TPSA) is 32.5 Å². The molecule has 3 heteroatoms. The molecule has 0 bridgehead atoms. The molecule has 0 aliphatic carbocycles. The Kier molecular flexibility index (Phi) is 5.65. The van der Waals surface area contributed by atoms with Crippen molar-refractivity contribution in [1.82, 2.24) is 4.90 Å². The van der Waals surface area contributed by atoms with Gasteiger partial charge in [0.1, 0.15) is 0 Å². The molecule has 2 rings (SSSR count). The first-order valence-corrected chi connectivity index (χ1v) is 8.42. The average Bonchev–Trinajstić information content (AvgIpc) is 2.73. The van der Waals surface area contributed by atoms with Gasteiger partial charge in [0.05, 0.1) is 5.54 Å². The zero-order chi connectivity index (χ0) is 15.3. The van der Waals surface area contributed by atoms with Crippen LogP contribution >= 0.6 is 0 Å². The van der Waals surface area contributed by atoms with Crippen molar-refractivity contribution in [2.45, 2.75) is 45.6 Å². The van der Waals surface area contributed by atoms with Gasteiger partial charge in [0, 0.05) is 25.3 Å². The zero-order valence-electron chi connectivity index (χ0n) is 13.9. The van der Waals surface area contributed by atoms with Crippen LogP contribution in [-0.2, 0) is 0 Å². The standard InChI is InChI=1S/C18H31N3/c1-4-20-13-6-11-18(15-19,12-14-20)21(5-2)17-9-7-16(3)8-10-17/h7-10H,4-6,11-15,19H2,1-3H3. The van der Waals surface area contributed by atoms with Gasteiger partial charge in [-0.05, 0) is 58.3 Å². The molecule has 1 aliphatic rings. The molecule has 1 atom stereocenters. The Balaban J connectivity index is 2.25. The van der Waals surface area contributed by atoms with Gasteiger partial charge >= 0.3 is 0 Å². The summed E-state index contributed by atoms with van der Waals surface area (Å²) < 4.78 is 0. The summed E-state index contributed by atoms with van der Waals surface area (Å²) >= 11 is 0. The third kappa shape index (κ3) is 3.58. The van der Waals surface area contributed by atoms with Gasteiger partial charge in [-0.3, -0.25) is 0 Å². The summed E-state index contributed by atoms with van der Waals surface area (Å²) in [7, 11) is 0. The molecular formula is C18H31N3. The summed E-state index contributed by atoms with van der Waals surface area (Å²) in [6.45, 7) is 11.9. The van der Waals surface area contributed by atoms with Crippen molar-refractivity contribution in [2.24, 2.45) is 5.73 Å². The molecule has 1 fully saturated rings. The Morgan fingerprint density at radius 1 is 1.14 bits per heavy atom. The monoisotopic (exact) mass is 289 g/mol. The fraction of sp³-hybridized carbons (Fsp3) is 0.667. The smallest absolute Gasteiger partial charge is 0.0536 e. The third-order valence-electron chi connectivity index (χ3n) is 5.07. The maximum absolute atomic E-state index is 6.28. The molecule has 118 valence electrons. The van der Waals surface area contributed by atoms with Crippen molar-refractivity contribution >= 4 is 5.69 Å². The molecule has 1 saturated heterocycles. The fourth-order valence-electron chi connectivity index (χ4n) is 3.65. The number of hydrogen-bond acceptors (Lipinski definition) is 3. The summed E-state index contributed by atoms with van der Waals surface area (Å²) in [6.07, 6.45) is 3.61. The van der Waals surface area contributed by atoms with Gasteiger partial charge in [0.15, 0.2) is 0 Å². The van der Waals surface area contributed by atoms with Gasteiger partial charge in [0.2, 0.25) is 0 Å². The van der Waals surface area contributed by atoms with Crippen LogP contribution in [0.2, 0.25) is 0 Å². The predicted molar refractivity (Wildman–Crippen MR) is 91.9 cm³/mol. The minimum Gasteiger partial charge on any atom is -0.365 e. The van der Waals surface area contributed by atoms with Crippen LogP contribution in [0.3, 0.4) is 0 Å². The molecule has 21 heavy (non-hydrogen) atoms. The number of nitrogens with zero attached hydrogens (tertiary/aromatic N) is 2. The highest BCUT2D eigenvalue weighted by Crippen LogP contribution is 2.32. The quantitative estimate of drug-likeness (QED) is 0.904. The van der Waals surface area contributed by atoms with Gasteiger partial charge in [-0.25, -0.2) is 0 Å². The highest BCUT2D eigenvalue weighted by Gasteiger charge is 2.36. The molecule has 3 nitrogen and oxygen atoms in total. The summed E-state index contributed by atoms with van der Waals surface area (Å²) in [6, 6.07) is 8.91. The lowest BCUT2D eigenvalue weighted by atomic mass is 9.87. The van der Waals surface area contributed by atoms with E-state index in [1.54, 1.807) is 0 Å². The van der Waals surface area contributed by atoms with E-state index in [1.807, 2.05) is 0 Å². The van der Waals surface area contributed by atoms with Crippen LogP contribution in [-0.4, -0.2) is 43.2 Å². The first-order valence-electron chi connectivity index (χ1n) is 8.42. The van der Waals surface area contributed by atoms with Crippen LogP contribution in [0.5, 0.6) is 0 Å². The van der Waals surface area contributed by atoms with E-state index in [1.165, 1.54) is 37.1 Å². The number of likely N-dealkylation sites (N-methyl/N-ethyl adjacent to an activating group) is 1. The summed E-state index contributed by atoms with van der Waals surface area (Å²) in [4.78, 5) is 5.10. The van der Waals surface area contributed by atoms with Crippen LogP contribution in [0.4, 0.5) is 5.69 Å². The minimum atomic E-state index is 0.119. The van der Waals surface area contributed by atoms with E-state index in [9.17, 15) is 0 Å². The molecule has 1 aliphatic heterocycles. The summed E-state index contributed by atoms with van der Waals surface area (Å²) in [5.74, 6) is 0. The fourth-order valence-corrected chi connectivity index (χ4v) is 3.65. The highest BCUT2D eigenvalue weighted by molar-refractivity contribution is 5.50. The van der Waals surface area contributed by atoms with Gasteiger partial charge in [-0.2, -0.15) is 0 Å². The SMILES string of the molecule is CCN1CCCC(CN)(N(CC)c2ccc(C)cc2)CC1. The Morgan fingerprint density at radius 3 is 2.43 bits per heavy atom. The zero-order valence-corrected chi connectivity index (χ0v) is 13.9. The molecule has 1 unspecified atom stereocenters. The number of anilines is 1. The normalized spacial score (nSPS) is 23.8. The van der Waals surface area contributed by atoms with E-state index >= 15 is 0 Å². The van der Waals surface area contributed by atoms with E-state index in [0.29, 0.717) is 0 Å². The van der Waals surface area contributed by atoms with Crippen molar-refractivity contribution in [3.8, 4) is 0 Å². The Bertz CT molecular complexity index is 429. The van der Waals surface area contributed by atoms with Crippen LogP contribution in [0.25, 0.3) is 0 Å². The average molecular weight is 289 g/mol. The lowest BCUT2D eigenvalue weighted by molar-refractivity contribution is 0.285. The van der Waals surface area contributed by atoms with Gasteiger partial charge in [-0.15, -0.1) is 0 Å². The molecule has 0 radical (unpaired) electrons. The second-order valence-corrected chi connectivity index (χ2v) is 6.30. The Morgan fingerprint density at radius 2 is 1.86 bits per heavy atom. The van der Waals surface area contributed by atoms with Gasteiger partial charge in [-0.1, -0.05) is 24.6 Å². The van der Waals surface area contributed by atoms with E-state index < -0.39 is 0 Å². The summed E-state index contributed by atoms with van der Waals surface area (Å²) in [5.41, 5.74) is 9.03. The van der Waals surface area contributed by atoms with Crippen molar-refractivity contribution < 1.29 is 0 Å². The Labute approximate surface area is 130 Å². The van der Waals surface area contributed by atoms with Crippen LogP contribution in [0, 0.1) is 6.92 Å². The molecule has 1 aromatic carbocycles. The molecule has 0 aromatic heterocycles. The summed E-state index contributed by atoms with van der Waals surface area (Å²) in [5, 5.41) is 0. The van der Waals surface area contributed by atoms with E-state index in [2.05, 4.69) is 54.8 Å². The number of benzene rings is 1. The van der Waals surface area contributed by atoms with E-state index in [0.717, 1.165) is 26.2 Å². The molecule has 1 heterocycles. The number of likely N-dealkylation sites (tertiary alicyclic amines) is 1. The van der Waals surface area contributed by atoms with Gasteiger partial charge < -0.3 is 15.5 Å². The maximum Gasteiger partial charge on any atom is 0.0536 e. The first kappa shape index (κ1) is 16.3. The van der Waals surface area contributed by atoms with Crippen molar-refractivity contribution in [1.29, 1.82) is 0 Å². The van der Waals surface area contributed by atoms with Crippen LogP contribution in [0.1, 0.15) is 38.7 Å². The molecule has 0 saturated carbocycles. The van der Waals surface area contributed by atoms with Crippen molar-refractivity contribution in [3.63, 3.8) is 0 Å². The molecule has 2 N–H and O–H groups in total. The molecule has 1 aromatic rings.